The molecule has 1 N–H and O–H groups in total. The number of phenols is 1. The molecule has 34 heavy (non-hydrogen) atoms. The van der Waals surface area contributed by atoms with E-state index >= 15 is 0 Å². The Morgan fingerprint density at radius 3 is 1.79 bits per heavy atom. The number of phenolic OH excluding ortho intramolecular Hbond substituents is 1. The largest absolute Gasteiger partial charge is 0.508 e. The highest BCUT2D eigenvalue weighted by Crippen LogP contribution is 2.33. The Balaban J connectivity index is 1.73. The molecule has 3 rings (SSSR count). The molecule has 0 fully saturated rings. The van der Waals surface area contributed by atoms with Crippen LogP contribution >= 0.6 is 0 Å². The number of ether oxygens (including phenoxy) is 2. The van der Waals surface area contributed by atoms with Gasteiger partial charge in [0.15, 0.2) is 29.0 Å². The van der Waals surface area contributed by atoms with Crippen molar-refractivity contribution in [1.82, 2.24) is 0 Å². The van der Waals surface area contributed by atoms with Gasteiger partial charge in [-0.1, -0.05) is 49.6 Å². The minimum absolute atomic E-state index is 0.0204. The molecule has 176 valence electrons. The Labute approximate surface area is 194 Å². The number of hydrogen-bond acceptors (Lipinski definition) is 3. The molecule has 0 radical (unpaired) electrons. The van der Waals surface area contributed by atoms with E-state index in [0.29, 0.717) is 16.9 Å². The van der Waals surface area contributed by atoms with Gasteiger partial charge in [0.2, 0.25) is 0 Å². The topological polar surface area (TPSA) is 38.7 Å². The lowest BCUT2D eigenvalue weighted by atomic mass is 9.98. The van der Waals surface area contributed by atoms with Crippen molar-refractivity contribution < 1.29 is 32.1 Å². The maximum atomic E-state index is 14.8. The number of benzene rings is 3. The summed E-state index contributed by atoms with van der Waals surface area (Å²) in [5.41, 5.74) is 0.674. The summed E-state index contributed by atoms with van der Waals surface area (Å²) >= 11 is 0. The molecule has 0 aliphatic heterocycles. The van der Waals surface area contributed by atoms with Gasteiger partial charge >= 0.3 is 0 Å². The third kappa shape index (κ3) is 5.49. The Morgan fingerprint density at radius 1 is 0.794 bits per heavy atom. The van der Waals surface area contributed by atoms with Crippen molar-refractivity contribution in [3.63, 3.8) is 0 Å². The van der Waals surface area contributed by atoms with E-state index in [1.165, 1.54) is 60.7 Å². The Kier molecular flexibility index (Phi) is 7.79. The van der Waals surface area contributed by atoms with Crippen molar-refractivity contribution in [2.75, 3.05) is 13.2 Å². The van der Waals surface area contributed by atoms with Crippen LogP contribution in [0.5, 0.6) is 11.5 Å². The molecule has 3 aromatic rings. The number of aromatic hydroxyl groups is 1. The monoisotopic (exact) mass is 470 g/mol. The van der Waals surface area contributed by atoms with E-state index < -0.39 is 29.0 Å². The Morgan fingerprint density at radius 2 is 1.29 bits per heavy atom. The highest BCUT2D eigenvalue weighted by molar-refractivity contribution is 5.72. The maximum absolute atomic E-state index is 14.8. The first kappa shape index (κ1) is 24.6. The van der Waals surface area contributed by atoms with Crippen LogP contribution in [-0.2, 0) is 4.74 Å². The predicted molar refractivity (Wildman–Crippen MR) is 124 cm³/mol. The van der Waals surface area contributed by atoms with Crippen molar-refractivity contribution in [1.29, 1.82) is 0 Å². The van der Waals surface area contributed by atoms with E-state index in [-0.39, 0.29) is 35.7 Å². The fourth-order valence-electron chi connectivity index (χ4n) is 3.12. The first-order chi connectivity index (χ1) is 16.2. The molecule has 0 aliphatic carbocycles. The SMILES string of the molecule is C=C(COc1ccc(-c2ccc(-c3ccc(O)cc3)c(F)c2F)cc1)/C(F)=C(/F)C(=C)OCC. The molecule has 0 spiro atoms. The van der Waals surface area contributed by atoms with Gasteiger partial charge in [-0.25, -0.2) is 13.2 Å². The third-order valence-corrected chi connectivity index (χ3v) is 4.91. The molecule has 0 bridgehead atoms. The molecule has 0 saturated carbocycles. The van der Waals surface area contributed by atoms with Crippen LogP contribution in [0.2, 0.25) is 0 Å². The molecular formula is C27H22F4O3. The van der Waals surface area contributed by atoms with E-state index in [4.69, 9.17) is 9.47 Å². The smallest absolute Gasteiger partial charge is 0.200 e. The van der Waals surface area contributed by atoms with Gasteiger partial charge in [-0.05, 0) is 42.3 Å². The Bertz CT molecular complexity index is 1230. The zero-order chi connectivity index (χ0) is 24.8. The van der Waals surface area contributed by atoms with Gasteiger partial charge in [0.05, 0.1) is 6.61 Å². The van der Waals surface area contributed by atoms with Crippen molar-refractivity contribution >= 4 is 0 Å². The van der Waals surface area contributed by atoms with Crippen LogP contribution < -0.4 is 4.74 Å². The Hall–Kier alpha value is -4.00. The van der Waals surface area contributed by atoms with Crippen molar-refractivity contribution in [3.8, 4) is 33.8 Å². The number of allylic oxidation sites excluding steroid dienone is 1. The second-order valence-corrected chi connectivity index (χ2v) is 7.24. The molecule has 0 atom stereocenters. The summed E-state index contributed by atoms with van der Waals surface area (Å²) < 4.78 is 67.7. The normalized spacial score (nSPS) is 11.6. The highest BCUT2D eigenvalue weighted by atomic mass is 19.2. The average molecular weight is 470 g/mol. The number of hydrogen-bond donors (Lipinski definition) is 1. The quantitative estimate of drug-likeness (QED) is 0.198. The van der Waals surface area contributed by atoms with Crippen molar-refractivity contribution in [3.05, 3.63) is 108 Å². The summed E-state index contributed by atoms with van der Waals surface area (Å²) in [6.45, 7) is 8.16. The van der Waals surface area contributed by atoms with Crippen molar-refractivity contribution in [2.45, 2.75) is 6.92 Å². The van der Waals surface area contributed by atoms with Gasteiger partial charge in [0, 0.05) is 16.7 Å². The highest BCUT2D eigenvalue weighted by Gasteiger charge is 2.17. The first-order valence-electron chi connectivity index (χ1n) is 10.3. The lowest BCUT2D eigenvalue weighted by molar-refractivity contribution is 0.223. The number of halogens is 4. The zero-order valence-corrected chi connectivity index (χ0v) is 18.4. The van der Waals surface area contributed by atoms with E-state index in [1.807, 2.05) is 0 Å². The summed E-state index contributed by atoms with van der Waals surface area (Å²) in [5.74, 6) is -4.63. The van der Waals surface area contributed by atoms with E-state index in [0.717, 1.165) is 0 Å². The van der Waals surface area contributed by atoms with Crippen molar-refractivity contribution in [2.24, 2.45) is 0 Å². The maximum Gasteiger partial charge on any atom is 0.200 e. The summed E-state index contributed by atoms with van der Waals surface area (Å²) in [4.78, 5) is 0. The standard InChI is InChI=1S/C27H22F4O3/c1-4-33-17(3)25(29)24(28)16(2)15-34-21-11-7-19(8-12-21)23-14-13-22(26(30)27(23)31)18-5-9-20(32)10-6-18/h5-14,32H,2-4,15H2,1H3/b25-24-. The van der Waals surface area contributed by atoms with Crippen LogP contribution in [0.4, 0.5) is 17.6 Å². The molecular weight excluding hydrogens is 448 g/mol. The van der Waals surface area contributed by atoms with Gasteiger partial charge in [0.1, 0.15) is 18.1 Å². The van der Waals surface area contributed by atoms with E-state index in [2.05, 4.69) is 13.2 Å². The summed E-state index contributed by atoms with van der Waals surface area (Å²) in [7, 11) is 0. The third-order valence-electron chi connectivity index (χ3n) is 4.91. The minimum atomic E-state index is -1.25. The molecule has 0 aromatic heterocycles. The van der Waals surface area contributed by atoms with Gasteiger partial charge in [0.25, 0.3) is 0 Å². The fourth-order valence-corrected chi connectivity index (χ4v) is 3.12. The second kappa shape index (κ2) is 10.7. The minimum Gasteiger partial charge on any atom is -0.508 e. The predicted octanol–water partition coefficient (Wildman–Crippen LogP) is 7.64. The number of rotatable bonds is 9. The van der Waals surface area contributed by atoms with Crippen LogP contribution in [0, 0.1) is 11.6 Å². The molecule has 0 unspecified atom stereocenters. The summed E-state index contributed by atoms with van der Waals surface area (Å²) in [6, 6.07) is 14.7. The van der Waals surface area contributed by atoms with Gasteiger partial charge in [-0.15, -0.1) is 0 Å². The van der Waals surface area contributed by atoms with Gasteiger partial charge in [-0.3, -0.25) is 0 Å². The molecule has 0 aliphatic rings. The molecule has 3 nitrogen and oxygen atoms in total. The lowest BCUT2D eigenvalue weighted by Gasteiger charge is -2.11. The van der Waals surface area contributed by atoms with E-state index in [9.17, 15) is 22.7 Å². The average Bonchev–Trinajstić information content (AvgIpc) is 2.84. The fraction of sp³-hybridized carbons (Fsp3) is 0.111. The molecule has 7 heteroatoms. The van der Waals surface area contributed by atoms with Crippen LogP contribution in [0.1, 0.15) is 6.92 Å². The summed E-state index contributed by atoms with van der Waals surface area (Å²) in [5, 5.41) is 9.38. The molecule has 0 heterocycles. The van der Waals surface area contributed by atoms with Crippen LogP contribution in [-0.4, -0.2) is 18.3 Å². The van der Waals surface area contributed by atoms with Crippen LogP contribution in [0.15, 0.2) is 96.8 Å². The second-order valence-electron chi connectivity index (χ2n) is 7.24. The summed E-state index contributed by atoms with van der Waals surface area (Å²) in [6.07, 6.45) is 0. The van der Waals surface area contributed by atoms with Crippen LogP contribution in [0.25, 0.3) is 22.3 Å². The zero-order valence-electron chi connectivity index (χ0n) is 18.4. The molecule has 0 saturated heterocycles. The molecule has 0 amide bonds. The lowest BCUT2D eigenvalue weighted by Crippen LogP contribution is -2.03. The van der Waals surface area contributed by atoms with Crippen LogP contribution in [0.3, 0.4) is 0 Å². The van der Waals surface area contributed by atoms with Gasteiger partial charge < -0.3 is 14.6 Å². The first-order valence-corrected chi connectivity index (χ1v) is 10.3. The molecule has 3 aromatic carbocycles. The van der Waals surface area contributed by atoms with E-state index in [1.54, 1.807) is 6.92 Å². The van der Waals surface area contributed by atoms with Gasteiger partial charge in [-0.2, -0.15) is 4.39 Å².